The highest BCUT2D eigenvalue weighted by Gasteiger charge is 2.37. The van der Waals surface area contributed by atoms with Crippen molar-refractivity contribution in [1.82, 2.24) is 9.78 Å². The van der Waals surface area contributed by atoms with Gasteiger partial charge >= 0.3 is 6.18 Å². The van der Waals surface area contributed by atoms with Gasteiger partial charge in [-0.15, -0.1) is 0 Å². The second-order valence-corrected chi connectivity index (χ2v) is 2.89. The highest BCUT2D eigenvalue weighted by atomic mass is 19.4. The maximum atomic E-state index is 12.4. The summed E-state index contributed by atoms with van der Waals surface area (Å²) in [5.74, 6) is 0. The summed E-state index contributed by atoms with van der Waals surface area (Å²) in [7, 11) is 1.31. The van der Waals surface area contributed by atoms with E-state index in [2.05, 4.69) is 5.10 Å². The van der Waals surface area contributed by atoms with Crippen molar-refractivity contribution >= 4 is 0 Å². The fraction of sp³-hybridized carbons (Fsp3) is 0.625. The van der Waals surface area contributed by atoms with Crippen LogP contribution in [0.15, 0.2) is 0 Å². The summed E-state index contributed by atoms with van der Waals surface area (Å²) < 4.78 is 38.2. The average Bonchev–Trinajstić information content (AvgIpc) is 2.23. The van der Waals surface area contributed by atoms with Gasteiger partial charge in [0.05, 0.1) is 5.69 Å². The second-order valence-electron chi connectivity index (χ2n) is 2.89. The first-order valence-electron chi connectivity index (χ1n) is 3.97. The number of halogens is 3. The Hall–Kier alpha value is -1.00. The Kier molecular flexibility index (Phi) is 2.36. The van der Waals surface area contributed by atoms with Crippen molar-refractivity contribution in [2.45, 2.75) is 26.4 Å². The average molecular weight is 192 g/mol. The number of aryl methyl sites for hydroxylation is 2. The van der Waals surface area contributed by atoms with Crippen LogP contribution in [-0.2, 0) is 19.6 Å². The predicted octanol–water partition coefficient (Wildman–Crippen LogP) is 2.31. The number of hydrogen-bond acceptors (Lipinski definition) is 1. The molecule has 0 unspecified atom stereocenters. The lowest BCUT2D eigenvalue weighted by Crippen LogP contribution is -2.13. The maximum absolute atomic E-state index is 12.4. The van der Waals surface area contributed by atoms with Crippen LogP contribution in [0.25, 0.3) is 0 Å². The second kappa shape index (κ2) is 3.05. The minimum absolute atomic E-state index is 0.287. The number of rotatable bonds is 1. The summed E-state index contributed by atoms with van der Waals surface area (Å²) in [6.07, 6.45) is -3.95. The molecule has 1 heterocycles. The monoisotopic (exact) mass is 192 g/mol. The van der Waals surface area contributed by atoms with E-state index in [0.29, 0.717) is 12.1 Å². The van der Waals surface area contributed by atoms with Crippen molar-refractivity contribution < 1.29 is 13.2 Å². The number of hydrogen-bond donors (Lipinski definition) is 0. The molecule has 0 atom stereocenters. The molecule has 1 aromatic heterocycles. The van der Waals surface area contributed by atoms with Crippen LogP contribution in [0.3, 0.4) is 0 Å². The van der Waals surface area contributed by atoms with Crippen LogP contribution < -0.4 is 0 Å². The first kappa shape index (κ1) is 10.1. The van der Waals surface area contributed by atoms with E-state index in [1.807, 2.05) is 0 Å². The molecule has 13 heavy (non-hydrogen) atoms. The minimum atomic E-state index is -4.30. The summed E-state index contributed by atoms with van der Waals surface area (Å²) in [5, 5.41) is 3.74. The van der Waals surface area contributed by atoms with E-state index in [9.17, 15) is 13.2 Å². The number of alkyl halides is 3. The van der Waals surface area contributed by atoms with E-state index in [1.165, 1.54) is 7.05 Å². The first-order valence-corrected chi connectivity index (χ1v) is 3.97. The van der Waals surface area contributed by atoms with Crippen molar-refractivity contribution in [2.24, 2.45) is 7.05 Å². The lowest BCUT2D eigenvalue weighted by Gasteiger charge is -2.08. The van der Waals surface area contributed by atoms with E-state index in [1.54, 1.807) is 13.8 Å². The standard InChI is InChI=1S/C8H11F3N2/c1-4-6-5(2)12-13(3)7(6)8(9,10)11/h4H2,1-3H3. The van der Waals surface area contributed by atoms with Crippen molar-refractivity contribution in [1.29, 1.82) is 0 Å². The zero-order valence-electron chi connectivity index (χ0n) is 7.74. The van der Waals surface area contributed by atoms with E-state index >= 15 is 0 Å². The molecule has 0 aliphatic rings. The quantitative estimate of drug-likeness (QED) is 0.667. The van der Waals surface area contributed by atoms with E-state index < -0.39 is 11.9 Å². The zero-order chi connectivity index (χ0) is 10.2. The number of aromatic nitrogens is 2. The minimum Gasteiger partial charge on any atom is -0.263 e. The van der Waals surface area contributed by atoms with Gasteiger partial charge in [0.2, 0.25) is 0 Å². The van der Waals surface area contributed by atoms with Crippen molar-refractivity contribution in [2.75, 3.05) is 0 Å². The molecule has 0 spiro atoms. The molecule has 0 aromatic carbocycles. The summed E-state index contributed by atoms with van der Waals surface area (Å²) in [5.41, 5.74) is 0.111. The molecule has 0 amide bonds. The summed E-state index contributed by atoms with van der Waals surface area (Å²) in [6, 6.07) is 0. The molecule has 1 aromatic rings. The molecule has 2 nitrogen and oxygen atoms in total. The topological polar surface area (TPSA) is 17.8 Å². The van der Waals surface area contributed by atoms with Crippen molar-refractivity contribution in [3.63, 3.8) is 0 Å². The van der Waals surface area contributed by atoms with Crippen LogP contribution in [-0.4, -0.2) is 9.78 Å². The highest BCUT2D eigenvalue weighted by Crippen LogP contribution is 2.32. The van der Waals surface area contributed by atoms with Gasteiger partial charge in [0.15, 0.2) is 0 Å². The van der Waals surface area contributed by atoms with Gasteiger partial charge in [-0.05, 0) is 13.3 Å². The molecule has 74 valence electrons. The third kappa shape index (κ3) is 1.68. The molecule has 0 saturated heterocycles. The van der Waals surface area contributed by atoms with Gasteiger partial charge in [-0.2, -0.15) is 18.3 Å². The van der Waals surface area contributed by atoms with Crippen LogP contribution >= 0.6 is 0 Å². The molecule has 0 bridgehead atoms. The van der Waals surface area contributed by atoms with Crippen LogP contribution in [0, 0.1) is 6.92 Å². The Labute approximate surface area is 74.4 Å². The molecule has 1 rings (SSSR count). The molecule has 0 aliphatic carbocycles. The largest absolute Gasteiger partial charge is 0.433 e. The van der Waals surface area contributed by atoms with E-state index in [4.69, 9.17) is 0 Å². The Bertz CT molecular complexity index is 312. The summed E-state index contributed by atoms with van der Waals surface area (Å²) in [4.78, 5) is 0. The molecular formula is C8H11F3N2. The van der Waals surface area contributed by atoms with Crippen molar-refractivity contribution in [3.05, 3.63) is 17.0 Å². The highest BCUT2D eigenvalue weighted by molar-refractivity contribution is 5.27. The van der Waals surface area contributed by atoms with Gasteiger partial charge < -0.3 is 0 Å². The first-order chi connectivity index (χ1) is 5.88. The van der Waals surface area contributed by atoms with Gasteiger partial charge in [0.1, 0.15) is 5.69 Å². The third-order valence-corrected chi connectivity index (χ3v) is 1.97. The van der Waals surface area contributed by atoms with E-state index in [-0.39, 0.29) is 5.56 Å². The normalized spacial score (nSPS) is 12.2. The maximum Gasteiger partial charge on any atom is 0.433 e. The molecule has 0 aliphatic heterocycles. The molecule has 0 radical (unpaired) electrons. The lowest BCUT2D eigenvalue weighted by atomic mass is 10.1. The van der Waals surface area contributed by atoms with E-state index in [0.717, 1.165) is 4.68 Å². The molecule has 0 fully saturated rings. The summed E-state index contributed by atoms with van der Waals surface area (Å²) >= 11 is 0. The van der Waals surface area contributed by atoms with Gasteiger partial charge in [-0.1, -0.05) is 6.92 Å². The Morgan fingerprint density at radius 2 is 1.92 bits per heavy atom. The van der Waals surface area contributed by atoms with Gasteiger partial charge in [0.25, 0.3) is 0 Å². The Morgan fingerprint density at radius 3 is 2.23 bits per heavy atom. The van der Waals surface area contributed by atoms with Gasteiger partial charge in [0, 0.05) is 12.6 Å². The predicted molar refractivity (Wildman–Crippen MR) is 42.3 cm³/mol. The van der Waals surface area contributed by atoms with Crippen LogP contribution in [0.2, 0.25) is 0 Å². The smallest absolute Gasteiger partial charge is 0.263 e. The lowest BCUT2D eigenvalue weighted by molar-refractivity contribution is -0.144. The molecule has 5 heteroatoms. The van der Waals surface area contributed by atoms with Crippen molar-refractivity contribution in [3.8, 4) is 0 Å². The van der Waals surface area contributed by atoms with Crippen LogP contribution in [0.4, 0.5) is 13.2 Å². The van der Waals surface area contributed by atoms with Crippen LogP contribution in [0.5, 0.6) is 0 Å². The molecule has 0 N–H and O–H groups in total. The van der Waals surface area contributed by atoms with Crippen LogP contribution in [0.1, 0.15) is 23.9 Å². The Balaban J connectivity index is 3.34. The fourth-order valence-electron chi connectivity index (χ4n) is 1.48. The fourth-order valence-corrected chi connectivity index (χ4v) is 1.48. The molecule has 0 saturated carbocycles. The molecular weight excluding hydrogens is 181 g/mol. The summed E-state index contributed by atoms with van der Waals surface area (Å²) in [6.45, 7) is 3.29. The zero-order valence-corrected chi connectivity index (χ0v) is 7.74. The van der Waals surface area contributed by atoms with Gasteiger partial charge in [-0.3, -0.25) is 4.68 Å². The number of nitrogens with zero attached hydrogens (tertiary/aromatic N) is 2. The SMILES string of the molecule is CCc1c(C)nn(C)c1C(F)(F)F. The third-order valence-electron chi connectivity index (χ3n) is 1.97. The van der Waals surface area contributed by atoms with Gasteiger partial charge in [-0.25, -0.2) is 0 Å². The Morgan fingerprint density at radius 1 is 1.38 bits per heavy atom.